The molecule has 0 aliphatic rings. The van der Waals surface area contributed by atoms with E-state index in [1.54, 1.807) is 0 Å². The molecule has 104 valence electrons. The maximum Gasteiger partial charge on any atom is 0.239 e. The van der Waals surface area contributed by atoms with E-state index in [0.717, 1.165) is 23.8 Å². The summed E-state index contributed by atoms with van der Waals surface area (Å²) in [5.74, 6) is -1.45. The molecule has 1 amide bonds. The van der Waals surface area contributed by atoms with Crippen LogP contribution in [0.2, 0.25) is 0 Å². The Morgan fingerprint density at radius 1 is 1.05 bits per heavy atom. The second-order valence-electron chi connectivity index (χ2n) is 4.24. The molecule has 2 aromatic rings. The molecule has 0 atom stereocenters. The van der Waals surface area contributed by atoms with Crippen LogP contribution in [0.25, 0.3) is 0 Å². The van der Waals surface area contributed by atoms with Crippen molar-refractivity contribution >= 4 is 11.6 Å². The lowest BCUT2D eigenvalue weighted by molar-refractivity contribution is -0.119. The first kappa shape index (κ1) is 14.0. The Labute approximate surface area is 115 Å². The van der Waals surface area contributed by atoms with Gasteiger partial charge in [0.25, 0.3) is 0 Å². The summed E-state index contributed by atoms with van der Waals surface area (Å²) in [6, 6.07) is 12.5. The minimum Gasteiger partial charge on any atom is -0.374 e. The summed E-state index contributed by atoms with van der Waals surface area (Å²) in [6.45, 7) is 0.278. The molecule has 0 aliphatic carbocycles. The molecule has 3 nitrogen and oxygen atoms in total. The van der Waals surface area contributed by atoms with Crippen LogP contribution in [0.3, 0.4) is 0 Å². The molecule has 0 aliphatic heterocycles. The van der Waals surface area contributed by atoms with Crippen molar-refractivity contribution in [2.45, 2.75) is 6.54 Å². The van der Waals surface area contributed by atoms with E-state index < -0.39 is 11.6 Å². The second-order valence-corrected chi connectivity index (χ2v) is 4.24. The number of benzene rings is 2. The molecule has 5 heteroatoms. The van der Waals surface area contributed by atoms with Crippen LogP contribution in [0.15, 0.2) is 48.5 Å². The SMILES string of the molecule is O=C(CNc1cc(F)ccc1F)NCc1ccccc1. The highest BCUT2D eigenvalue weighted by Crippen LogP contribution is 2.14. The minimum atomic E-state index is -0.595. The zero-order valence-electron chi connectivity index (χ0n) is 10.7. The van der Waals surface area contributed by atoms with E-state index >= 15 is 0 Å². The third kappa shape index (κ3) is 4.05. The molecule has 2 N–H and O–H groups in total. The first-order chi connectivity index (χ1) is 9.65. The van der Waals surface area contributed by atoms with E-state index in [4.69, 9.17) is 0 Å². The van der Waals surface area contributed by atoms with Crippen LogP contribution in [0.1, 0.15) is 5.56 Å². The Balaban J connectivity index is 1.82. The average molecular weight is 276 g/mol. The van der Waals surface area contributed by atoms with Crippen molar-refractivity contribution in [1.29, 1.82) is 0 Å². The number of rotatable bonds is 5. The quantitative estimate of drug-likeness (QED) is 0.881. The summed E-state index contributed by atoms with van der Waals surface area (Å²) in [5.41, 5.74) is 0.942. The summed E-state index contributed by atoms with van der Waals surface area (Å²) in [5, 5.41) is 5.25. The zero-order chi connectivity index (χ0) is 14.4. The number of nitrogens with one attached hydrogen (secondary N) is 2. The molecule has 0 fully saturated rings. The zero-order valence-corrected chi connectivity index (χ0v) is 10.7. The molecule has 20 heavy (non-hydrogen) atoms. The van der Waals surface area contributed by atoms with Crippen molar-refractivity contribution in [2.75, 3.05) is 11.9 Å². The van der Waals surface area contributed by atoms with Crippen LogP contribution in [0.4, 0.5) is 14.5 Å². The Morgan fingerprint density at radius 3 is 2.55 bits per heavy atom. The normalized spacial score (nSPS) is 10.1. The predicted octanol–water partition coefficient (Wildman–Crippen LogP) is 2.69. The minimum absolute atomic E-state index is 0.0279. The lowest BCUT2D eigenvalue weighted by Crippen LogP contribution is -2.29. The number of hydrogen-bond acceptors (Lipinski definition) is 2. The van der Waals surface area contributed by atoms with Gasteiger partial charge < -0.3 is 10.6 Å². The first-order valence-corrected chi connectivity index (χ1v) is 6.15. The van der Waals surface area contributed by atoms with Gasteiger partial charge in [0.15, 0.2) is 0 Å². The van der Waals surface area contributed by atoms with Crippen LogP contribution >= 0.6 is 0 Å². The lowest BCUT2D eigenvalue weighted by atomic mass is 10.2. The molecule has 0 saturated carbocycles. The van der Waals surface area contributed by atoms with Crippen LogP contribution in [0.5, 0.6) is 0 Å². The number of carbonyl (C=O) groups is 1. The van der Waals surface area contributed by atoms with Crippen molar-refractivity contribution in [3.8, 4) is 0 Å². The molecule has 2 aromatic carbocycles. The van der Waals surface area contributed by atoms with E-state index in [9.17, 15) is 13.6 Å². The monoisotopic (exact) mass is 276 g/mol. The molecule has 0 aromatic heterocycles. The third-order valence-corrected chi connectivity index (χ3v) is 2.70. The van der Waals surface area contributed by atoms with Gasteiger partial charge >= 0.3 is 0 Å². The Bertz CT molecular complexity index is 588. The van der Waals surface area contributed by atoms with E-state index in [1.165, 1.54) is 0 Å². The number of halogens is 2. The van der Waals surface area contributed by atoms with Gasteiger partial charge in [-0.05, 0) is 23.8 Å². The average Bonchev–Trinajstić information content (AvgIpc) is 2.47. The van der Waals surface area contributed by atoms with Gasteiger partial charge in [0.05, 0.1) is 12.2 Å². The number of carbonyl (C=O) groups excluding carboxylic acids is 1. The maximum absolute atomic E-state index is 13.3. The van der Waals surface area contributed by atoms with Gasteiger partial charge in [-0.3, -0.25) is 4.79 Å². The Morgan fingerprint density at radius 2 is 1.80 bits per heavy atom. The lowest BCUT2D eigenvalue weighted by Gasteiger charge is -2.08. The highest BCUT2D eigenvalue weighted by molar-refractivity contribution is 5.80. The summed E-state index contributed by atoms with van der Waals surface area (Å²) in [7, 11) is 0. The molecule has 0 heterocycles. The van der Waals surface area contributed by atoms with Crippen molar-refractivity contribution in [2.24, 2.45) is 0 Å². The van der Waals surface area contributed by atoms with Gasteiger partial charge in [0.1, 0.15) is 11.6 Å². The fourth-order valence-electron chi connectivity index (χ4n) is 1.67. The highest BCUT2D eigenvalue weighted by atomic mass is 19.1. The van der Waals surface area contributed by atoms with E-state index in [0.29, 0.717) is 6.54 Å². The molecule has 2 rings (SSSR count). The van der Waals surface area contributed by atoms with E-state index in [1.807, 2.05) is 30.3 Å². The maximum atomic E-state index is 13.3. The van der Waals surface area contributed by atoms with Gasteiger partial charge in [-0.25, -0.2) is 8.78 Å². The largest absolute Gasteiger partial charge is 0.374 e. The summed E-state index contributed by atoms with van der Waals surface area (Å²) in [4.78, 5) is 11.6. The van der Waals surface area contributed by atoms with Gasteiger partial charge in [-0.1, -0.05) is 30.3 Å². The fourth-order valence-corrected chi connectivity index (χ4v) is 1.67. The van der Waals surface area contributed by atoms with Crippen molar-refractivity contribution in [1.82, 2.24) is 5.32 Å². The number of anilines is 1. The van der Waals surface area contributed by atoms with Crippen molar-refractivity contribution in [3.05, 3.63) is 65.7 Å². The summed E-state index contributed by atoms with van der Waals surface area (Å²) in [6.07, 6.45) is 0. The topological polar surface area (TPSA) is 41.1 Å². The smallest absolute Gasteiger partial charge is 0.239 e. The predicted molar refractivity (Wildman–Crippen MR) is 73.1 cm³/mol. The van der Waals surface area contributed by atoms with Gasteiger partial charge in [-0.2, -0.15) is 0 Å². The van der Waals surface area contributed by atoms with E-state index in [-0.39, 0.29) is 18.1 Å². The van der Waals surface area contributed by atoms with Crippen LogP contribution in [-0.2, 0) is 11.3 Å². The van der Waals surface area contributed by atoms with Gasteiger partial charge in [0, 0.05) is 6.54 Å². The Kier molecular flexibility index (Phi) is 4.65. The van der Waals surface area contributed by atoms with Crippen LogP contribution < -0.4 is 10.6 Å². The van der Waals surface area contributed by atoms with Crippen molar-refractivity contribution < 1.29 is 13.6 Å². The fraction of sp³-hybridized carbons (Fsp3) is 0.133. The molecule has 0 unspecified atom stereocenters. The molecule has 0 radical (unpaired) electrons. The standard InChI is InChI=1S/C15H14F2N2O/c16-12-6-7-13(17)14(8-12)18-10-15(20)19-9-11-4-2-1-3-5-11/h1-8,18H,9-10H2,(H,19,20). The Hall–Kier alpha value is -2.43. The summed E-state index contributed by atoms with van der Waals surface area (Å²) >= 11 is 0. The van der Waals surface area contributed by atoms with Crippen LogP contribution in [0, 0.1) is 11.6 Å². The van der Waals surface area contributed by atoms with Gasteiger partial charge in [-0.15, -0.1) is 0 Å². The molecule has 0 bridgehead atoms. The first-order valence-electron chi connectivity index (χ1n) is 6.15. The second kappa shape index (κ2) is 6.65. The third-order valence-electron chi connectivity index (χ3n) is 2.70. The molecular weight excluding hydrogens is 262 g/mol. The molecule has 0 saturated heterocycles. The van der Waals surface area contributed by atoms with Gasteiger partial charge in [0.2, 0.25) is 5.91 Å². The van der Waals surface area contributed by atoms with E-state index in [2.05, 4.69) is 10.6 Å². The van der Waals surface area contributed by atoms with Crippen molar-refractivity contribution in [3.63, 3.8) is 0 Å². The van der Waals surface area contributed by atoms with Crippen LogP contribution in [-0.4, -0.2) is 12.5 Å². The molecule has 0 spiro atoms. The number of amides is 1. The number of hydrogen-bond donors (Lipinski definition) is 2. The summed E-state index contributed by atoms with van der Waals surface area (Å²) < 4.78 is 26.2. The molecular formula is C15H14F2N2O. The highest BCUT2D eigenvalue weighted by Gasteiger charge is 2.06.